The van der Waals surface area contributed by atoms with Crippen LogP contribution < -0.4 is 0 Å². The van der Waals surface area contributed by atoms with Crippen LogP contribution in [-0.2, 0) is 9.47 Å². The molecule has 2 atom stereocenters. The summed E-state index contributed by atoms with van der Waals surface area (Å²) in [6.07, 6.45) is 2.46. The lowest BCUT2D eigenvalue weighted by Crippen LogP contribution is -2.36. The Morgan fingerprint density at radius 1 is 1.36 bits per heavy atom. The van der Waals surface area contributed by atoms with Gasteiger partial charge in [-0.1, -0.05) is 0 Å². The largest absolute Gasteiger partial charge is 0.396 e. The summed E-state index contributed by atoms with van der Waals surface area (Å²) >= 11 is 0. The van der Waals surface area contributed by atoms with E-state index >= 15 is 0 Å². The number of likely N-dealkylation sites (tertiary alicyclic amines) is 1. The van der Waals surface area contributed by atoms with Gasteiger partial charge in [-0.25, -0.2) is 0 Å². The molecule has 0 aliphatic carbocycles. The van der Waals surface area contributed by atoms with Crippen LogP contribution in [-0.4, -0.2) is 55.8 Å². The van der Waals surface area contributed by atoms with Gasteiger partial charge in [-0.15, -0.1) is 0 Å². The fourth-order valence-electron chi connectivity index (χ4n) is 2.16. The zero-order chi connectivity index (χ0) is 9.80. The normalized spacial score (nSPS) is 34.9. The molecule has 2 aliphatic heterocycles. The van der Waals surface area contributed by atoms with Crippen molar-refractivity contribution < 1.29 is 14.6 Å². The number of ether oxygens (including phenoxy) is 2. The average molecular weight is 201 g/mol. The highest BCUT2D eigenvalue weighted by Gasteiger charge is 2.25. The SMILES string of the molecule is OCC1CCN(CC2CCOCO2)C1. The molecule has 2 rings (SSSR count). The van der Waals surface area contributed by atoms with Gasteiger partial charge in [0.1, 0.15) is 6.79 Å². The minimum atomic E-state index is 0.325. The summed E-state index contributed by atoms with van der Waals surface area (Å²) in [6.45, 7) is 4.72. The Morgan fingerprint density at radius 3 is 2.93 bits per heavy atom. The number of hydrogen-bond donors (Lipinski definition) is 1. The van der Waals surface area contributed by atoms with E-state index in [0.29, 0.717) is 25.4 Å². The van der Waals surface area contributed by atoms with E-state index in [9.17, 15) is 0 Å². The van der Waals surface area contributed by atoms with Gasteiger partial charge in [0, 0.05) is 19.7 Å². The van der Waals surface area contributed by atoms with Gasteiger partial charge < -0.3 is 19.5 Å². The molecule has 2 fully saturated rings. The molecular formula is C10H19NO3. The molecule has 0 spiro atoms. The maximum Gasteiger partial charge on any atom is 0.147 e. The molecule has 82 valence electrons. The van der Waals surface area contributed by atoms with Gasteiger partial charge in [0.05, 0.1) is 12.7 Å². The highest BCUT2D eigenvalue weighted by molar-refractivity contribution is 4.77. The molecule has 4 nitrogen and oxygen atoms in total. The lowest BCUT2D eigenvalue weighted by atomic mass is 10.1. The van der Waals surface area contributed by atoms with Crippen molar-refractivity contribution in [1.82, 2.24) is 4.90 Å². The zero-order valence-corrected chi connectivity index (χ0v) is 8.52. The first-order valence-electron chi connectivity index (χ1n) is 5.41. The van der Waals surface area contributed by atoms with Crippen molar-refractivity contribution >= 4 is 0 Å². The molecule has 0 aromatic heterocycles. The Labute approximate surface area is 84.8 Å². The molecule has 2 aliphatic rings. The van der Waals surface area contributed by atoms with E-state index in [2.05, 4.69) is 4.90 Å². The van der Waals surface area contributed by atoms with E-state index in [0.717, 1.165) is 39.1 Å². The molecule has 0 radical (unpaired) electrons. The third kappa shape index (κ3) is 2.67. The third-order valence-corrected chi connectivity index (χ3v) is 3.06. The van der Waals surface area contributed by atoms with Gasteiger partial charge in [0.2, 0.25) is 0 Å². The summed E-state index contributed by atoms with van der Waals surface area (Å²) in [5.74, 6) is 0.481. The zero-order valence-electron chi connectivity index (χ0n) is 8.52. The average Bonchev–Trinajstić information content (AvgIpc) is 2.67. The summed E-state index contributed by atoms with van der Waals surface area (Å²) < 4.78 is 10.6. The molecule has 14 heavy (non-hydrogen) atoms. The second kappa shape index (κ2) is 5.07. The second-order valence-electron chi connectivity index (χ2n) is 4.20. The van der Waals surface area contributed by atoms with E-state index in [1.165, 1.54) is 0 Å². The molecule has 0 bridgehead atoms. The van der Waals surface area contributed by atoms with Crippen LogP contribution in [0, 0.1) is 5.92 Å². The summed E-state index contributed by atoms with van der Waals surface area (Å²) in [5.41, 5.74) is 0. The fourth-order valence-corrected chi connectivity index (χ4v) is 2.16. The molecule has 4 heteroatoms. The van der Waals surface area contributed by atoms with Crippen molar-refractivity contribution in [1.29, 1.82) is 0 Å². The minimum Gasteiger partial charge on any atom is -0.396 e. The van der Waals surface area contributed by atoms with Crippen molar-refractivity contribution in [3.05, 3.63) is 0 Å². The molecule has 0 amide bonds. The standard InChI is InChI=1S/C10H19NO3/c12-7-9-1-3-11(5-9)6-10-2-4-13-8-14-10/h9-10,12H,1-8H2. The minimum absolute atomic E-state index is 0.325. The highest BCUT2D eigenvalue weighted by atomic mass is 16.7. The molecule has 0 saturated carbocycles. The predicted octanol–water partition coefficient (Wildman–Crippen LogP) is 0.0636. The van der Waals surface area contributed by atoms with E-state index in [-0.39, 0.29) is 0 Å². The molecule has 0 aromatic carbocycles. The van der Waals surface area contributed by atoms with Gasteiger partial charge in [-0.2, -0.15) is 0 Å². The monoisotopic (exact) mass is 201 g/mol. The van der Waals surface area contributed by atoms with Crippen LogP contribution in [0.15, 0.2) is 0 Å². The number of rotatable bonds is 3. The summed E-state index contributed by atoms with van der Waals surface area (Å²) in [6, 6.07) is 0. The van der Waals surface area contributed by atoms with Crippen molar-refractivity contribution in [2.45, 2.75) is 18.9 Å². The smallest absolute Gasteiger partial charge is 0.147 e. The Balaban J connectivity index is 1.69. The van der Waals surface area contributed by atoms with Crippen LogP contribution in [0.3, 0.4) is 0 Å². The lowest BCUT2D eigenvalue weighted by molar-refractivity contribution is -0.143. The first kappa shape index (κ1) is 10.4. The third-order valence-electron chi connectivity index (χ3n) is 3.06. The van der Waals surface area contributed by atoms with Crippen LogP contribution in [0.4, 0.5) is 0 Å². The second-order valence-corrected chi connectivity index (χ2v) is 4.20. The maximum absolute atomic E-state index is 9.01. The molecule has 0 aromatic rings. The topological polar surface area (TPSA) is 41.9 Å². The Hall–Kier alpha value is -0.160. The summed E-state index contributed by atoms with van der Waals surface area (Å²) in [7, 11) is 0. The van der Waals surface area contributed by atoms with Crippen LogP contribution in [0.2, 0.25) is 0 Å². The van der Waals surface area contributed by atoms with Crippen molar-refractivity contribution in [2.24, 2.45) is 5.92 Å². The van der Waals surface area contributed by atoms with Crippen LogP contribution in [0.25, 0.3) is 0 Å². The molecule has 2 saturated heterocycles. The number of hydrogen-bond acceptors (Lipinski definition) is 4. The Morgan fingerprint density at radius 2 is 2.29 bits per heavy atom. The summed E-state index contributed by atoms with van der Waals surface area (Å²) in [4.78, 5) is 2.39. The van der Waals surface area contributed by atoms with Crippen LogP contribution in [0.5, 0.6) is 0 Å². The Bertz CT molecular complexity index is 171. The van der Waals surface area contributed by atoms with Gasteiger partial charge in [-0.3, -0.25) is 0 Å². The number of nitrogens with zero attached hydrogens (tertiary/aromatic N) is 1. The van der Waals surface area contributed by atoms with Crippen molar-refractivity contribution in [3.8, 4) is 0 Å². The van der Waals surface area contributed by atoms with E-state index < -0.39 is 0 Å². The van der Waals surface area contributed by atoms with E-state index in [1.807, 2.05) is 0 Å². The fraction of sp³-hybridized carbons (Fsp3) is 1.00. The quantitative estimate of drug-likeness (QED) is 0.701. The Kier molecular flexibility index (Phi) is 3.75. The maximum atomic E-state index is 9.01. The van der Waals surface area contributed by atoms with E-state index in [4.69, 9.17) is 14.6 Å². The first-order chi connectivity index (χ1) is 6.88. The number of aliphatic hydroxyl groups is 1. The first-order valence-corrected chi connectivity index (χ1v) is 5.41. The lowest BCUT2D eigenvalue weighted by Gasteiger charge is -2.27. The van der Waals surface area contributed by atoms with E-state index in [1.54, 1.807) is 0 Å². The van der Waals surface area contributed by atoms with Gasteiger partial charge in [0.15, 0.2) is 0 Å². The molecular weight excluding hydrogens is 182 g/mol. The van der Waals surface area contributed by atoms with Gasteiger partial charge in [0.25, 0.3) is 0 Å². The summed E-state index contributed by atoms with van der Waals surface area (Å²) in [5, 5.41) is 9.01. The molecule has 1 N–H and O–H groups in total. The van der Waals surface area contributed by atoms with Crippen molar-refractivity contribution in [2.75, 3.05) is 39.6 Å². The van der Waals surface area contributed by atoms with Crippen LogP contribution in [0.1, 0.15) is 12.8 Å². The predicted molar refractivity (Wildman–Crippen MR) is 51.9 cm³/mol. The van der Waals surface area contributed by atoms with Crippen molar-refractivity contribution in [3.63, 3.8) is 0 Å². The van der Waals surface area contributed by atoms with Gasteiger partial charge >= 0.3 is 0 Å². The highest BCUT2D eigenvalue weighted by Crippen LogP contribution is 2.17. The molecule has 2 heterocycles. The number of aliphatic hydroxyl groups excluding tert-OH is 1. The molecule has 2 unspecified atom stereocenters. The van der Waals surface area contributed by atoms with Gasteiger partial charge in [-0.05, 0) is 25.3 Å². The van der Waals surface area contributed by atoms with Crippen LogP contribution >= 0.6 is 0 Å².